The van der Waals surface area contributed by atoms with Crippen LogP contribution < -0.4 is 0 Å². The van der Waals surface area contributed by atoms with Crippen LogP contribution >= 0.6 is 0 Å². The standard InChI is InChI=1S/C16H12FN3/c17-15-10-19-16-13-9-18-14(11-4-2-1-3-5-11)8-12(13)6-7-20(15)16/h1-5,8-10H,6-7H2. The minimum atomic E-state index is -0.280. The third kappa shape index (κ3) is 1.65. The number of rotatable bonds is 1. The van der Waals surface area contributed by atoms with Crippen molar-refractivity contribution in [2.75, 3.05) is 0 Å². The second kappa shape index (κ2) is 4.27. The molecule has 4 rings (SSSR count). The molecule has 4 heteroatoms. The Morgan fingerprint density at radius 1 is 1.05 bits per heavy atom. The number of nitrogens with zero attached hydrogens (tertiary/aromatic N) is 3. The second-order valence-electron chi connectivity index (χ2n) is 4.90. The van der Waals surface area contributed by atoms with E-state index in [1.165, 1.54) is 11.8 Å². The predicted molar refractivity (Wildman–Crippen MR) is 74.6 cm³/mol. The van der Waals surface area contributed by atoms with Gasteiger partial charge in [-0.15, -0.1) is 0 Å². The maximum atomic E-state index is 13.5. The topological polar surface area (TPSA) is 30.7 Å². The van der Waals surface area contributed by atoms with Crippen LogP contribution in [0.5, 0.6) is 0 Å². The first-order chi connectivity index (χ1) is 9.83. The molecule has 1 aliphatic rings. The molecule has 0 atom stereocenters. The number of aromatic nitrogens is 3. The zero-order chi connectivity index (χ0) is 13.5. The van der Waals surface area contributed by atoms with Crippen LogP contribution in [0.4, 0.5) is 4.39 Å². The summed E-state index contributed by atoms with van der Waals surface area (Å²) in [7, 11) is 0. The fourth-order valence-electron chi connectivity index (χ4n) is 2.69. The molecule has 3 heterocycles. The third-order valence-corrected chi connectivity index (χ3v) is 3.71. The smallest absolute Gasteiger partial charge is 0.213 e. The van der Waals surface area contributed by atoms with E-state index in [4.69, 9.17) is 0 Å². The van der Waals surface area contributed by atoms with E-state index in [0.717, 1.165) is 23.2 Å². The number of imidazole rings is 1. The molecule has 0 unspecified atom stereocenters. The van der Waals surface area contributed by atoms with Crippen molar-refractivity contribution in [1.82, 2.24) is 14.5 Å². The molecule has 98 valence electrons. The van der Waals surface area contributed by atoms with Gasteiger partial charge in [-0.3, -0.25) is 4.98 Å². The lowest BCUT2D eigenvalue weighted by atomic mass is 10.00. The highest BCUT2D eigenvalue weighted by Gasteiger charge is 2.20. The first kappa shape index (κ1) is 11.3. The Morgan fingerprint density at radius 3 is 2.75 bits per heavy atom. The molecule has 2 aromatic heterocycles. The normalized spacial score (nSPS) is 12.8. The van der Waals surface area contributed by atoms with Crippen molar-refractivity contribution in [3.05, 3.63) is 60.3 Å². The van der Waals surface area contributed by atoms with Crippen LogP contribution in [-0.4, -0.2) is 14.5 Å². The monoisotopic (exact) mass is 265 g/mol. The number of pyridine rings is 1. The predicted octanol–water partition coefficient (Wildman–Crippen LogP) is 3.31. The Balaban J connectivity index is 1.84. The Hall–Kier alpha value is -2.49. The molecular formula is C16H12FN3. The number of fused-ring (bicyclic) bond motifs is 3. The molecule has 0 bridgehead atoms. The molecule has 0 amide bonds. The van der Waals surface area contributed by atoms with Gasteiger partial charge in [0.15, 0.2) is 0 Å². The summed E-state index contributed by atoms with van der Waals surface area (Å²) in [5, 5.41) is 0. The molecule has 3 aromatic rings. The first-order valence-corrected chi connectivity index (χ1v) is 6.58. The quantitative estimate of drug-likeness (QED) is 0.676. The first-order valence-electron chi connectivity index (χ1n) is 6.58. The van der Waals surface area contributed by atoms with Gasteiger partial charge in [0, 0.05) is 23.9 Å². The van der Waals surface area contributed by atoms with Gasteiger partial charge in [-0.25, -0.2) is 4.98 Å². The zero-order valence-electron chi connectivity index (χ0n) is 10.8. The van der Waals surface area contributed by atoms with Crippen LogP contribution in [0, 0.1) is 5.95 Å². The summed E-state index contributed by atoms with van der Waals surface area (Å²) < 4.78 is 15.2. The second-order valence-corrected chi connectivity index (χ2v) is 4.90. The van der Waals surface area contributed by atoms with Crippen molar-refractivity contribution in [3.63, 3.8) is 0 Å². The number of hydrogen-bond donors (Lipinski definition) is 0. The van der Waals surface area contributed by atoms with Crippen LogP contribution in [-0.2, 0) is 13.0 Å². The lowest BCUT2D eigenvalue weighted by molar-refractivity contribution is 0.493. The average Bonchev–Trinajstić information content (AvgIpc) is 2.89. The van der Waals surface area contributed by atoms with Gasteiger partial charge in [0.1, 0.15) is 5.82 Å². The highest BCUT2D eigenvalue weighted by Crippen LogP contribution is 2.30. The van der Waals surface area contributed by atoms with Gasteiger partial charge in [-0.2, -0.15) is 4.39 Å². The molecule has 3 nitrogen and oxygen atoms in total. The molecule has 1 aromatic carbocycles. The Bertz CT molecular complexity index is 778. The van der Waals surface area contributed by atoms with E-state index in [1.807, 2.05) is 30.3 Å². The van der Waals surface area contributed by atoms with Crippen molar-refractivity contribution < 1.29 is 4.39 Å². The summed E-state index contributed by atoms with van der Waals surface area (Å²) in [6, 6.07) is 12.1. The molecule has 0 aliphatic carbocycles. The number of hydrogen-bond acceptors (Lipinski definition) is 2. The van der Waals surface area contributed by atoms with E-state index in [1.54, 1.807) is 10.8 Å². The highest BCUT2D eigenvalue weighted by molar-refractivity contribution is 5.67. The fourth-order valence-corrected chi connectivity index (χ4v) is 2.69. The summed E-state index contributed by atoms with van der Waals surface area (Å²) in [6.45, 7) is 0.631. The molecule has 20 heavy (non-hydrogen) atoms. The number of halogens is 1. The van der Waals surface area contributed by atoms with Crippen LogP contribution in [0.25, 0.3) is 22.6 Å². The maximum absolute atomic E-state index is 13.5. The van der Waals surface area contributed by atoms with E-state index in [-0.39, 0.29) is 5.95 Å². The number of aryl methyl sites for hydroxylation is 1. The van der Waals surface area contributed by atoms with Crippen LogP contribution in [0.3, 0.4) is 0 Å². The van der Waals surface area contributed by atoms with Crippen molar-refractivity contribution >= 4 is 0 Å². The van der Waals surface area contributed by atoms with Gasteiger partial charge < -0.3 is 4.57 Å². The largest absolute Gasteiger partial charge is 0.301 e. The summed E-state index contributed by atoms with van der Waals surface area (Å²) in [6.07, 6.45) is 3.88. The SMILES string of the molecule is Fc1cnc2n1CCc1cc(-c3ccccc3)ncc1-2. The van der Waals surface area contributed by atoms with Crippen molar-refractivity contribution in [2.24, 2.45) is 0 Å². The summed E-state index contributed by atoms with van der Waals surface area (Å²) in [4.78, 5) is 8.64. The van der Waals surface area contributed by atoms with Crippen LogP contribution in [0.15, 0.2) is 48.8 Å². The summed E-state index contributed by atoms with van der Waals surface area (Å²) in [5.74, 6) is 0.397. The lowest BCUT2D eigenvalue weighted by Crippen LogP contribution is -2.13. The fraction of sp³-hybridized carbons (Fsp3) is 0.125. The van der Waals surface area contributed by atoms with Crippen molar-refractivity contribution in [1.29, 1.82) is 0 Å². The zero-order valence-corrected chi connectivity index (χ0v) is 10.8. The van der Waals surface area contributed by atoms with Gasteiger partial charge in [0.25, 0.3) is 0 Å². The molecule has 0 radical (unpaired) electrons. The van der Waals surface area contributed by atoms with Gasteiger partial charge in [0.2, 0.25) is 5.95 Å². The molecule has 0 fully saturated rings. The summed E-state index contributed by atoms with van der Waals surface area (Å²) >= 11 is 0. The Morgan fingerprint density at radius 2 is 1.90 bits per heavy atom. The van der Waals surface area contributed by atoms with Gasteiger partial charge in [0.05, 0.1) is 11.9 Å². The van der Waals surface area contributed by atoms with E-state index in [0.29, 0.717) is 12.4 Å². The van der Waals surface area contributed by atoms with E-state index in [9.17, 15) is 4.39 Å². The van der Waals surface area contributed by atoms with Crippen LogP contribution in [0.1, 0.15) is 5.56 Å². The molecule has 1 aliphatic heterocycles. The lowest BCUT2D eigenvalue weighted by Gasteiger charge is -2.18. The van der Waals surface area contributed by atoms with Gasteiger partial charge >= 0.3 is 0 Å². The molecule has 0 spiro atoms. The minimum absolute atomic E-state index is 0.280. The van der Waals surface area contributed by atoms with Gasteiger partial charge in [-0.05, 0) is 18.1 Å². The van der Waals surface area contributed by atoms with Crippen molar-refractivity contribution in [3.8, 4) is 22.6 Å². The highest BCUT2D eigenvalue weighted by atomic mass is 19.1. The maximum Gasteiger partial charge on any atom is 0.213 e. The molecular weight excluding hydrogens is 253 g/mol. The Kier molecular flexibility index (Phi) is 2.42. The van der Waals surface area contributed by atoms with Crippen molar-refractivity contribution in [2.45, 2.75) is 13.0 Å². The molecule has 0 saturated carbocycles. The molecule has 0 saturated heterocycles. The van der Waals surface area contributed by atoms with Gasteiger partial charge in [-0.1, -0.05) is 30.3 Å². The molecule has 0 N–H and O–H groups in total. The third-order valence-electron chi connectivity index (χ3n) is 3.71. The van der Waals surface area contributed by atoms with E-state index < -0.39 is 0 Å². The van der Waals surface area contributed by atoms with E-state index in [2.05, 4.69) is 16.0 Å². The van der Waals surface area contributed by atoms with Crippen LogP contribution in [0.2, 0.25) is 0 Å². The summed E-state index contributed by atoms with van der Waals surface area (Å²) in [5.41, 5.74) is 4.15. The van der Waals surface area contributed by atoms with E-state index >= 15 is 0 Å². The Labute approximate surface area is 115 Å². The number of benzene rings is 1. The minimum Gasteiger partial charge on any atom is -0.301 e. The average molecular weight is 265 g/mol.